The molecule has 3 aliphatic heterocycles. The molecule has 9 rings (SSSR count). The normalized spacial score (nSPS) is 19.8. The summed E-state index contributed by atoms with van der Waals surface area (Å²) in [5, 5.41) is 36.8. The number of benzene rings is 2. The Morgan fingerprint density at radius 2 is 1.75 bits per heavy atom. The van der Waals surface area contributed by atoms with Gasteiger partial charge in [-0.05, 0) is 73.2 Å². The molecule has 4 unspecified atom stereocenters. The minimum atomic E-state index is -1.02. The zero-order chi connectivity index (χ0) is 49.9. The number of likely N-dealkylation sites (tertiary alicyclic amines) is 1. The first-order valence-electron chi connectivity index (χ1n) is 23.8. The number of phenolic OH excluding ortho intramolecular Hbond substituents is 1. The molecule has 2 aromatic carbocycles. The average molecular weight is 986 g/mol. The molecule has 7 heterocycles. The number of para-hydroxylation sites is 1. The lowest BCUT2D eigenvalue weighted by molar-refractivity contribution is -0.142. The number of likely N-dealkylation sites (N-methyl/N-ethyl adjacent to an activating group) is 1. The molecular weight excluding hydrogens is 927 g/mol. The SMILES string of the molecule is COc1cc(C(C(=O)N2C[C@H](O)C[C@H]2C(=O)N[C@@H](C)c2ccc(-c3scnc3C)cc2)C(C)CC(=O)N(C)CCOc2cc(N3C4CCC3CN(c3cc(-c5ccccc5O)nnc3N)C4)ccn2)on1. The fourth-order valence-electron chi connectivity index (χ4n) is 10.1. The van der Waals surface area contributed by atoms with Crippen LogP contribution >= 0.6 is 11.3 Å². The Labute approximate surface area is 415 Å². The minimum absolute atomic E-state index is 0.0446. The van der Waals surface area contributed by atoms with Gasteiger partial charge < -0.3 is 54.9 Å². The zero-order valence-electron chi connectivity index (χ0n) is 40.3. The van der Waals surface area contributed by atoms with Crippen LogP contribution in [0.5, 0.6) is 17.5 Å². The number of anilines is 3. The Kier molecular flexibility index (Phi) is 14.4. The van der Waals surface area contributed by atoms with Gasteiger partial charge >= 0.3 is 0 Å². The summed E-state index contributed by atoms with van der Waals surface area (Å²) in [5.74, 6) is -1.51. The summed E-state index contributed by atoms with van der Waals surface area (Å²) in [6.45, 7) is 7.39. The highest BCUT2D eigenvalue weighted by molar-refractivity contribution is 7.13. The van der Waals surface area contributed by atoms with Gasteiger partial charge in [0.15, 0.2) is 11.6 Å². The highest BCUT2D eigenvalue weighted by Crippen LogP contribution is 2.40. The number of aliphatic hydroxyl groups is 1. The number of piperazine rings is 1. The third kappa shape index (κ3) is 10.4. The van der Waals surface area contributed by atoms with Gasteiger partial charge in [0, 0.05) is 81.2 Å². The Hall–Kier alpha value is -7.32. The van der Waals surface area contributed by atoms with Crippen molar-refractivity contribution >= 4 is 46.3 Å². The van der Waals surface area contributed by atoms with Crippen molar-refractivity contribution < 1.29 is 38.6 Å². The predicted molar refractivity (Wildman–Crippen MR) is 267 cm³/mol. The second-order valence-electron chi connectivity index (χ2n) is 18.7. The van der Waals surface area contributed by atoms with Crippen LogP contribution in [0.4, 0.5) is 17.2 Å². The number of aromatic nitrogens is 5. The number of carbonyl (C=O) groups excluding carboxylic acids is 3. The number of nitrogens with zero attached hydrogens (tertiary/aromatic N) is 9. The van der Waals surface area contributed by atoms with E-state index in [0.717, 1.165) is 45.9 Å². The lowest BCUT2D eigenvalue weighted by Crippen LogP contribution is -2.54. The number of methoxy groups -OCH3 is 1. The molecule has 71 heavy (non-hydrogen) atoms. The quantitative estimate of drug-likeness (QED) is 0.0870. The van der Waals surface area contributed by atoms with Crippen LogP contribution in [0.25, 0.3) is 21.7 Å². The van der Waals surface area contributed by atoms with Crippen molar-refractivity contribution in [2.75, 3.05) is 62.5 Å². The molecule has 20 heteroatoms. The van der Waals surface area contributed by atoms with Crippen LogP contribution in [0, 0.1) is 12.8 Å². The van der Waals surface area contributed by atoms with Crippen LogP contribution in [0.15, 0.2) is 89.0 Å². The Balaban J connectivity index is 0.806. The van der Waals surface area contributed by atoms with E-state index in [-0.39, 0.29) is 74.0 Å². The van der Waals surface area contributed by atoms with Crippen molar-refractivity contribution in [3.63, 3.8) is 0 Å². The molecule has 372 valence electrons. The van der Waals surface area contributed by atoms with Crippen LogP contribution in [-0.4, -0.2) is 134 Å². The number of hydrogen-bond acceptors (Lipinski definition) is 17. The first-order valence-corrected chi connectivity index (χ1v) is 24.7. The van der Waals surface area contributed by atoms with Gasteiger partial charge in [-0.3, -0.25) is 14.4 Å². The van der Waals surface area contributed by atoms with Crippen molar-refractivity contribution in [1.82, 2.24) is 40.4 Å². The van der Waals surface area contributed by atoms with E-state index in [1.165, 1.54) is 18.1 Å². The van der Waals surface area contributed by atoms with Crippen molar-refractivity contribution in [3.05, 3.63) is 102 Å². The maximum Gasteiger partial charge on any atom is 0.254 e. The number of hydrogen-bond donors (Lipinski definition) is 4. The average Bonchev–Trinajstić information content (AvgIpc) is 4.17. The van der Waals surface area contributed by atoms with E-state index < -0.39 is 35.8 Å². The molecule has 19 nitrogen and oxygen atoms in total. The topological polar surface area (TPSA) is 239 Å². The second kappa shape index (κ2) is 21.0. The maximum atomic E-state index is 14.6. The van der Waals surface area contributed by atoms with E-state index in [2.05, 4.69) is 40.4 Å². The number of pyridine rings is 1. The van der Waals surface area contributed by atoms with Crippen molar-refractivity contribution in [1.29, 1.82) is 0 Å². The molecule has 0 aliphatic carbocycles. The summed E-state index contributed by atoms with van der Waals surface area (Å²) >= 11 is 1.57. The van der Waals surface area contributed by atoms with E-state index in [9.17, 15) is 24.6 Å². The number of aliphatic hydroxyl groups excluding tert-OH is 1. The summed E-state index contributed by atoms with van der Waals surface area (Å²) in [7, 11) is 3.11. The van der Waals surface area contributed by atoms with Gasteiger partial charge in [0.1, 0.15) is 24.3 Å². The molecule has 3 amide bonds. The Morgan fingerprint density at radius 3 is 2.45 bits per heavy atom. The number of nitrogens with one attached hydrogen (secondary N) is 1. The zero-order valence-corrected chi connectivity index (χ0v) is 41.2. The minimum Gasteiger partial charge on any atom is -0.507 e. The molecule has 0 spiro atoms. The number of amides is 3. The monoisotopic (exact) mass is 985 g/mol. The number of nitrogens with two attached hydrogens (primary N) is 1. The van der Waals surface area contributed by atoms with E-state index in [1.54, 1.807) is 54.6 Å². The van der Waals surface area contributed by atoms with Gasteiger partial charge in [0.25, 0.3) is 5.88 Å². The van der Waals surface area contributed by atoms with Gasteiger partial charge in [-0.15, -0.1) is 21.5 Å². The van der Waals surface area contributed by atoms with E-state index >= 15 is 0 Å². The summed E-state index contributed by atoms with van der Waals surface area (Å²) in [6.07, 6.45) is 2.78. The largest absolute Gasteiger partial charge is 0.507 e. The number of carbonyl (C=O) groups is 3. The Morgan fingerprint density at radius 1 is 0.986 bits per heavy atom. The number of nitrogen functional groups attached to an aromatic ring is 1. The van der Waals surface area contributed by atoms with Crippen LogP contribution in [0.2, 0.25) is 0 Å². The summed E-state index contributed by atoms with van der Waals surface area (Å²) in [4.78, 5) is 59.9. The van der Waals surface area contributed by atoms with Crippen molar-refractivity contribution in [2.24, 2.45) is 5.92 Å². The van der Waals surface area contributed by atoms with Crippen LogP contribution < -0.4 is 30.3 Å². The number of rotatable bonds is 17. The fourth-order valence-corrected chi connectivity index (χ4v) is 10.9. The molecule has 5 N–H and O–H groups in total. The number of ether oxygens (including phenoxy) is 2. The third-order valence-electron chi connectivity index (χ3n) is 13.9. The molecule has 0 saturated carbocycles. The van der Waals surface area contributed by atoms with E-state index in [1.807, 2.05) is 67.9 Å². The predicted octanol–water partition coefficient (Wildman–Crippen LogP) is 5.60. The first-order chi connectivity index (χ1) is 34.3. The van der Waals surface area contributed by atoms with Gasteiger partial charge in [-0.1, -0.05) is 43.3 Å². The maximum absolute atomic E-state index is 14.6. The highest BCUT2D eigenvalue weighted by Gasteiger charge is 2.45. The smallest absolute Gasteiger partial charge is 0.254 e. The first kappa shape index (κ1) is 48.7. The lowest BCUT2D eigenvalue weighted by Gasteiger charge is -2.43. The van der Waals surface area contributed by atoms with Crippen molar-refractivity contribution in [2.45, 2.75) is 82.6 Å². The van der Waals surface area contributed by atoms with Gasteiger partial charge in [0.2, 0.25) is 23.6 Å². The van der Waals surface area contributed by atoms with Crippen LogP contribution in [0.3, 0.4) is 0 Å². The van der Waals surface area contributed by atoms with Gasteiger partial charge in [-0.2, -0.15) is 0 Å². The van der Waals surface area contributed by atoms with Gasteiger partial charge in [-0.25, -0.2) is 9.97 Å². The molecular formula is C51H59N11O8S. The number of aromatic hydroxyl groups is 1. The van der Waals surface area contributed by atoms with E-state index in [4.69, 9.17) is 19.7 Å². The lowest BCUT2D eigenvalue weighted by atomic mass is 9.87. The molecule has 7 atom stereocenters. The van der Waals surface area contributed by atoms with Gasteiger partial charge in [0.05, 0.1) is 53.3 Å². The fraction of sp³-hybridized carbons (Fsp3) is 0.412. The summed E-state index contributed by atoms with van der Waals surface area (Å²) in [5.41, 5.74) is 14.0. The number of β-amino-alcohol motifs (C(OH)–C–C–N with tert-alkyl or cyclic N) is 1. The van der Waals surface area contributed by atoms with Crippen LogP contribution in [-0.2, 0) is 14.4 Å². The molecule has 3 aliphatic rings. The number of thiazole rings is 1. The molecule has 3 fully saturated rings. The van der Waals surface area contributed by atoms with Crippen LogP contribution in [0.1, 0.15) is 68.5 Å². The number of phenols is 1. The number of aryl methyl sites for hydroxylation is 1. The number of fused-ring (bicyclic) bond motifs is 2. The molecule has 3 saturated heterocycles. The standard InChI is InChI=1S/C51H59N11O8S/c1-29(47(43-24-45(68-5)58-70-43)51(67)61-27-37(63)22-41(61)50(66)55-30(2)32-10-12-33(13-11-32)48-31(3)54-28-71-48)20-46(65)59(4)18-19-69-44-21-34(16-17-53-44)62-35-14-15-36(62)26-60(25-35)40-23-39(56-57-49(40)52)38-8-6-7-9-42(38)64/h6-13,16-17,21,23-24,28-30,35-37,41,47,63-64H,14-15,18-20,22,25-27H2,1-5H3,(H2,52,57)(H,55,66)/t29?,30-,35?,36?,37+,41-,47?/m0/s1. The van der Waals surface area contributed by atoms with E-state index in [0.29, 0.717) is 36.0 Å². The molecule has 6 aromatic rings. The summed E-state index contributed by atoms with van der Waals surface area (Å²) < 4.78 is 17.0. The molecule has 0 radical (unpaired) electrons. The molecule has 4 aromatic heterocycles. The van der Waals surface area contributed by atoms with Crippen molar-refractivity contribution in [3.8, 4) is 39.2 Å². The Bertz CT molecular complexity index is 2850. The highest BCUT2D eigenvalue weighted by atomic mass is 32.1. The third-order valence-corrected chi connectivity index (χ3v) is 14.9. The molecule has 2 bridgehead atoms. The second-order valence-corrected chi connectivity index (χ2v) is 19.5. The summed E-state index contributed by atoms with van der Waals surface area (Å²) in [6, 6.07) is 21.3.